The highest BCUT2D eigenvalue weighted by Crippen LogP contribution is 2.17. The number of carbonyl (C=O) groups is 2. The predicted molar refractivity (Wildman–Crippen MR) is 70.7 cm³/mol. The van der Waals surface area contributed by atoms with Crippen LogP contribution in [0.4, 0.5) is 14.5 Å². The van der Waals surface area contributed by atoms with Gasteiger partial charge in [0.2, 0.25) is 0 Å². The highest BCUT2D eigenvalue weighted by Gasteiger charge is 2.14. The van der Waals surface area contributed by atoms with E-state index in [0.29, 0.717) is 4.73 Å². The Morgan fingerprint density at radius 1 is 1.14 bits per heavy atom. The maximum absolute atomic E-state index is 13.3. The first-order chi connectivity index (χ1) is 10.5. The van der Waals surface area contributed by atoms with E-state index in [4.69, 9.17) is 0 Å². The van der Waals surface area contributed by atoms with Gasteiger partial charge in [0, 0.05) is 12.1 Å². The van der Waals surface area contributed by atoms with Crippen LogP contribution in [0, 0.1) is 16.8 Å². The quantitative estimate of drug-likeness (QED) is 0.526. The van der Waals surface area contributed by atoms with Gasteiger partial charge < -0.3 is 15.3 Å². The van der Waals surface area contributed by atoms with E-state index in [-0.39, 0.29) is 5.56 Å². The molecule has 0 saturated heterocycles. The van der Waals surface area contributed by atoms with Crippen molar-refractivity contribution in [1.29, 1.82) is 0 Å². The molecule has 114 valence electrons. The lowest BCUT2D eigenvalue weighted by molar-refractivity contribution is -0.605. The topological polar surface area (TPSA) is 82.3 Å². The van der Waals surface area contributed by atoms with Gasteiger partial charge in [-0.1, -0.05) is 6.07 Å². The molecule has 0 atom stereocenters. The molecule has 0 aliphatic heterocycles. The Morgan fingerprint density at radius 2 is 1.73 bits per heavy atom. The van der Waals surface area contributed by atoms with Crippen LogP contribution in [0.15, 0.2) is 42.7 Å². The smallest absolute Gasteiger partial charge is 0.339 e. The third kappa shape index (κ3) is 3.75. The normalized spacial score (nSPS) is 10.1. The first-order valence-electron chi connectivity index (χ1n) is 6.07. The van der Waals surface area contributed by atoms with Gasteiger partial charge in [-0.05, 0) is 12.1 Å². The van der Waals surface area contributed by atoms with Crippen LogP contribution in [0.2, 0.25) is 0 Å². The number of hydrogen-bond donors (Lipinski definition) is 1. The summed E-state index contributed by atoms with van der Waals surface area (Å²) in [5.74, 6) is -3.62. The molecule has 0 unspecified atom stereocenters. The zero-order chi connectivity index (χ0) is 16.1. The molecular formula is C14H10F2N2O4. The summed E-state index contributed by atoms with van der Waals surface area (Å²) in [5.41, 5.74) is -0.548. The molecule has 0 bridgehead atoms. The largest absolute Gasteiger partial charge is 0.619 e. The van der Waals surface area contributed by atoms with Crippen LogP contribution >= 0.6 is 0 Å². The van der Waals surface area contributed by atoms with Gasteiger partial charge >= 0.3 is 5.97 Å². The molecule has 0 radical (unpaired) electrons. The van der Waals surface area contributed by atoms with Crippen molar-refractivity contribution < 1.29 is 27.8 Å². The van der Waals surface area contributed by atoms with Crippen LogP contribution < -0.4 is 10.0 Å². The molecule has 0 aliphatic carbocycles. The average molecular weight is 308 g/mol. The third-order valence-electron chi connectivity index (χ3n) is 2.60. The number of carbonyl (C=O) groups excluding carboxylic acids is 2. The highest BCUT2D eigenvalue weighted by atomic mass is 19.1. The number of ether oxygens (including phenoxy) is 1. The minimum absolute atomic E-state index is 0.0666. The minimum Gasteiger partial charge on any atom is -0.619 e. The first kappa shape index (κ1) is 15.4. The van der Waals surface area contributed by atoms with Crippen LogP contribution in [0.3, 0.4) is 0 Å². The summed E-state index contributed by atoms with van der Waals surface area (Å²) < 4.78 is 31.8. The Kier molecular flexibility index (Phi) is 4.62. The van der Waals surface area contributed by atoms with Crippen molar-refractivity contribution in [3.8, 4) is 0 Å². The van der Waals surface area contributed by atoms with Crippen LogP contribution in [-0.2, 0) is 9.53 Å². The van der Waals surface area contributed by atoms with Crippen molar-refractivity contribution in [3.05, 3.63) is 65.1 Å². The minimum atomic E-state index is -0.942. The van der Waals surface area contributed by atoms with Crippen molar-refractivity contribution in [2.24, 2.45) is 0 Å². The fraction of sp³-hybridized carbons (Fsp3) is 0.0714. The number of esters is 1. The van der Waals surface area contributed by atoms with E-state index in [1.165, 1.54) is 12.1 Å². The molecule has 2 aromatic rings. The van der Waals surface area contributed by atoms with Gasteiger partial charge in [-0.25, -0.2) is 13.6 Å². The number of anilines is 1. The second-order valence-electron chi connectivity index (χ2n) is 4.17. The summed E-state index contributed by atoms with van der Waals surface area (Å²) in [6, 6.07) is 5.53. The number of nitrogens with zero attached hydrogens (tertiary/aromatic N) is 1. The van der Waals surface area contributed by atoms with Crippen molar-refractivity contribution in [2.75, 3.05) is 11.9 Å². The average Bonchev–Trinajstić information content (AvgIpc) is 2.49. The number of halogens is 2. The Bertz CT molecular complexity index is 684. The predicted octanol–water partition coefficient (Wildman–Crippen LogP) is 1.39. The number of para-hydroxylation sites is 1. The summed E-state index contributed by atoms with van der Waals surface area (Å²) in [6.07, 6.45) is 2.18. The lowest BCUT2D eigenvalue weighted by atomic mass is 10.3. The van der Waals surface area contributed by atoms with Gasteiger partial charge in [0.05, 0.1) is 5.56 Å². The molecule has 6 nitrogen and oxygen atoms in total. The van der Waals surface area contributed by atoms with Crippen LogP contribution in [0.25, 0.3) is 0 Å². The Morgan fingerprint density at radius 3 is 2.32 bits per heavy atom. The molecule has 2 rings (SSSR count). The number of hydrogen-bond acceptors (Lipinski definition) is 4. The molecule has 0 saturated carbocycles. The van der Waals surface area contributed by atoms with E-state index in [2.05, 4.69) is 4.74 Å². The van der Waals surface area contributed by atoms with Gasteiger partial charge in [-0.3, -0.25) is 4.79 Å². The zero-order valence-corrected chi connectivity index (χ0v) is 11.1. The number of nitrogens with one attached hydrogen (secondary N) is 1. The monoisotopic (exact) mass is 308 g/mol. The molecule has 1 aromatic carbocycles. The Labute approximate surface area is 123 Å². The molecular weight excluding hydrogens is 298 g/mol. The molecule has 22 heavy (non-hydrogen) atoms. The van der Waals surface area contributed by atoms with E-state index >= 15 is 0 Å². The SMILES string of the molecule is O=C(COC(=O)c1cc[n+]([O-])cc1)Nc1c(F)cccc1F. The van der Waals surface area contributed by atoms with Crippen LogP contribution in [0.5, 0.6) is 0 Å². The van der Waals surface area contributed by atoms with Gasteiger partial charge in [-0.15, -0.1) is 0 Å². The van der Waals surface area contributed by atoms with Crippen molar-refractivity contribution in [3.63, 3.8) is 0 Å². The summed E-state index contributed by atoms with van der Waals surface area (Å²) >= 11 is 0. The standard InChI is InChI=1S/C14H10F2N2O4/c15-10-2-1-3-11(16)13(10)17-12(19)8-22-14(20)9-4-6-18(21)7-5-9/h1-7H,8H2,(H,17,19). The van der Waals surface area contributed by atoms with Gasteiger partial charge in [0.25, 0.3) is 5.91 Å². The van der Waals surface area contributed by atoms with E-state index in [1.807, 2.05) is 5.32 Å². The molecule has 1 heterocycles. The van der Waals surface area contributed by atoms with Crippen LogP contribution in [0.1, 0.15) is 10.4 Å². The number of amides is 1. The lowest BCUT2D eigenvalue weighted by Crippen LogP contribution is -2.25. The van der Waals surface area contributed by atoms with Gasteiger partial charge in [0.1, 0.15) is 17.3 Å². The van der Waals surface area contributed by atoms with Crippen LogP contribution in [-0.4, -0.2) is 18.5 Å². The van der Waals surface area contributed by atoms with Crippen molar-refractivity contribution in [1.82, 2.24) is 0 Å². The van der Waals surface area contributed by atoms with Crippen molar-refractivity contribution in [2.45, 2.75) is 0 Å². The second-order valence-corrected chi connectivity index (χ2v) is 4.17. The van der Waals surface area contributed by atoms with E-state index < -0.39 is 35.8 Å². The molecule has 0 fully saturated rings. The van der Waals surface area contributed by atoms with E-state index in [1.54, 1.807) is 0 Å². The van der Waals surface area contributed by atoms with Gasteiger partial charge in [0.15, 0.2) is 19.0 Å². The maximum atomic E-state index is 13.3. The third-order valence-corrected chi connectivity index (χ3v) is 2.60. The molecule has 1 N–H and O–H groups in total. The number of aromatic nitrogens is 1. The zero-order valence-electron chi connectivity index (χ0n) is 11.1. The first-order valence-corrected chi connectivity index (χ1v) is 6.07. The molecule has 1 amide bonds. The molecule has 8 heteroatoms. The van der Waals surface area contributed by atoms with Crippen molar-refractivity contribution >= 4 is 17.6 Å². The number of benzene rings is 1. The molecule has 0 aliphatic rings. The number of rotatable bonds is 4. The second kappa shape index (κ2) is 6.61. The summed E-state index contributed by atoms with van der Waals surface area (Å²) in [4.78, 5) is 23.1. The van der Waals surface area contributed by atoms with Gasteiger partial charge in [-0.2, -0.15) is 4.73 Å². The van der Waals surface area contributed by atoms with E-state index in [9.17, 15) is 23.6 Å². The highest BCUT2D eigenvalue weighted by molar-refractivity contribution is 5.95. The Hall–Kier alpha value is -3.03. The summed E-state index contributed by atoms with van der Waals surface area (Å²) in [5, 5.41) is 12.8. The number of pyridine rings is 1. The summed E-state index contributed by atoms with van der Waals surface area (Å²) in [6.45, 7) is -0.723. The lowest BCUT2D eigenvalue weighted by Gasteiger charge is -2.08. The molecule has 1 aromatic heterocycles. The molecule has 0 spiro atoms. The summed E-state index contributed by atoms with van der Waals surface area (Å²) in [7, 11) is 0. The maximum Gasteiger partial charge on any atom is 0.339 e. The van der Waals surface area contributed by atoms with E-state index in [0.717, 1.165) is 30.6 Å². The fourth-order valence-corrected chi connectivity index (χ4v) is 1.56. The Balaban J connectivity index is 1.93. The fourth-order valence-electron chi connectivity index (χ4n) is 1.56.